The quantitative estimate of drug-likeness (QED) is 0.778. The number of hydrogen-bond donors (Lipinski definition) is 3. The van der Waals surface area contributed by atoms with Crippen molar-refractivity contribution in [2.75, 3.05) is 19.0 Å². The van der Waals surface area contributed by atoms with Crippen molar-refractivity contribution in [3.8, 4) is 5.75 Å². The summed E-state index contributed by atoms with van der Waals surface area (Å²) in [6.07, 6.45) is 2.67. The lowest BCUT2D eigenvalue weighted by Crippen LogP contribution is -2.40. The summed E-state index contributed by atoms with van der Waals surface area (Å²) >= 11 is 0. The molecule has 1 unspecified atom stereocenters. The third-order valence-electron chi connectivity index (χ3n) is 3.17. The first-order valence-corrected chi connectivity index (χ1v) is 6.79. The molecule has 1 heterocycles. The molecule has 2 amide bonds. The molecule has 0 bridgehead atoms. The van der Waals surface area contributed by atoms with E-state index in [1.165, 1.54) is 44.8 Å². The number of rotatable bonds is 5. The lowest BCUT2D eigenvalue weighted by Gasteiger charge is -2.24. The minimum Gasteiger partial charge on any atom is -0.491 e. The van der Waals surface area contributed by atoms with Crippen molar-refractivity contribution in [2.24, 2.45) is 0 Å². The second-order valence-electron chi connectivity index (χ2n) is 5.03. The molecular weight excluding hydrogens is 303 g/mol. The van der Waals surface area contributed by atoms with Crippen molar-refractivity contribution in [3.05, 3.63) is 48.2 Å². The SMILES string of the molecule is COc1cncnc1NC(=O)NCC(C)(O)c1cccc(F)c1. The smallest absolute Gasteiger partial charge is 0.320 e. The standard InChI is InChI=1S/C15H17FN4O3/c1-15(22,10-4-3-5-11(16)6-10)8-18-14(21)20-13-12(23-2)7-17-9-19-13/h3-7,9,22H,8H2,1-2H3,(H2,17,18,19,20,21). The van der Waals surface area contributed by atoms with Crippen LogP contribution in [-0.4, -0.2) is 34.8 Å². The Kier molecular flexibility index (Phi) is 5.07. The van der Waals surface area contributed by atoms with Crippen LogP contribution in [0.5, 0.6) is 5.75 Å². The number of nitrogens with one attached hydrogen (secondary N) is 2. The van der Waals surface area contributed by atoms with Gasteiger partial charge in [-0.15, -0.1) is 0 Å². The summed E-state index contributed by atoms with van der Waals surface area (Å²) in [5, 5.41) is 15.4. The topological polar surface area (TPSA) is 96.4 Å². The van der Waals surface area contributed by atoms with Gasteiger partial charge < -0.3 is 15.2 Å². The van der Waals surface area contributed by atoms with Gasteiger partial charge in [0.25, 0.3) is 0 Å². The predicted octanol–water partition coefficient (Wildman–Crippen LogP) is 1.65. The molecule has 1 atom stereocenters. The van der Waals surface area contributed by atoms with E-state index >= 15 is 0 Å². The van der Waals surface area contributed by atoms with Crippen LogP contribution < -0.4 is 15.4 Å². The van der Waals surface area contributed by atoms with Crippen LogP contribution in [0.3, 0.4) is 0 Å². The maximum absolute atomic E-state index is 13.2. The van der Waals surface area contributed by atoms with Crippen molar-refractivity contribution in [1.82, 2.24) is 15.3 Å². The lowest BCUT2D eigenvalue weighted by atomic mass is 9.96. The van der Waals surface area contributed by atoms with Crippen LogP contribution in [0, 0.1) is 5.82 Å². The lowest BCUT2D eigenvalue weighted by molar-refractivity contribution is 0.0596. The maximum atomic E-state index is 13.2. The van der Waals surface area contributed by atoms with Gasteiger partial charge in [-0.3, -0.25) is 5.32 Å². The number of benzene rings is 1. The molecule has 1 aromatic heterocycles. The number of methoxy groups -OCH3 is 1. The van der Waals surface area contributed by atoms with E-state index in [1.807, 2.05) is 0 Å². The van der Waals surface area contributed by atoms with E-state index in [0.29, 0.717) is 11.3 Å². The predicted molar refractivity (Wildman–Crippen MR) is 81.6 cm³/mol. The third-order valence-corrected chi connectivity index (χ3v) is 3.17. The molecule has 2 rings (SSSR count). The summed E-state index contributed by atoms with van der Waals surface area (Å²) < 4.78 is 18.2. The fraction of sp³-hybridized carbons (Fsp3) is 0.267. The molecule has 0 aliphatic rings. The van der Waals surface area contributed by atoms with Crippen LogP contribution in [0.2, 0.25) is 0 Å². The van der Waals surface area contributed by atoms with Gasteiger partial charge in [-0.05, 0) is 24.6 Å². The van der Waals surface area contributed by atoms with Crippen LogP contribution >= 0.6 is 0 Å². The highest BCUT2D eigenvalue weighted by Gasteiger charge is 2.24. The Labute approximate surface area is 132 Å². The molecule has 3 N–H and O–H groups in total. The van der Waals surface area contributed by atoms with E-state index < -0.39 is 17.4 Å². The van der Waals surface area contributed by atoms with Gasteiger partial charge in [0.05, 0.1) is 19.9 Å². The summed E-state index contributed by atoms with van der Waals surface area (Å²) in [6.45, 7) is 1.36. The Balaban J connectivity index is 1.98. The fourth-order valence-electron chi connectivity index (χ4n) is 1.89. The average Bonchev–Trinajstić information content (AvgIpc) is 2.53. The average molecular weight is 320 g/mol. The molecule has 122 valence electrons. The van der Waals surface area contributed by atoms with Crippen LogP contribution in [0.4, 0.5) is 15.0 Å². The highest BCUT2D eigenvalue weighted by Crippen LogP contribution is 2.21. The Morgan fingerprint density at radius 1 is 1.48 bits per heavy atom. The number of urea groups is 1. The number of halogens is 1. The molecule has 0 spiro atoms. The number of nitrogens with zero attached hydrogens (tertiary/aromatic N) is 2. The zero-order chi connectivity index (χ0) is 16.9. The first-order valence-electron chi connectivity index (χ1n) is 6.79. The van der Waals surface area contributed by atoms with Gasteiger partial charge in [0.15, 0.2) is 11.6 Å². The van der Waals surface area contributed by atoms with Gasteiger partial charge in [0.2, 0.25) is 0 Å². The number of amides is 2. The molecule has 0 saturated heterocycles. The molecule has 0 fully saturated rings. The molecule has 0 aliphatic heterocycles. The molecule has 0 aliphatic carbocycles. The second kappa shape index (κ2) is 7.01. The molecule has 2 aromatic rings. The first-order chi connectivity index (χ1) is 10.9. The molecule has 1 aromatic carbocycles. The van der Waals surface area contributed by atoms with Crippen molar-refractivity contribution < 1.29 is 19.0 Å². The molecule has 7 nitrogen and oxygen atoms in total. The molecule has 0 saturated carbocycles. The van der Waals surface area contributed by atoms with Gasteiger partial charge >= 0.3 is 6.03 Å². The zero-order valence-corrected chi connectivity index (χ0v) is 12.7. The normalized spacial score (nSPS) is 13.0. The number of ether oxygens (including phenoxy) is 1. The molecule has 0 radical (unpaired) electrons. The molecule has 8 heteroatoms. The van der Waals surface area contributed by atoms with E-state index in [2.05, 4.69) is 20.6 Å². The van der Waals surface area contributed by atoms with Crippen molar-refractivity contribution >= 4 is 11.8 Å². The molecule has 23 heavy (non-hydrogen) atoms. The highest BCUT2D eigenvalue weighted by molar-refractivity contribution is 5.89. The van der Waals surface area contributed by atoms with Gasteiger partial charge in [0, 0.05) is 0 Å². The van der Waals surface area contributed by atoms with Crippen LogP contribution in [0.1, 0.15) is 12.5 Å². The minimum absolute atomic E-state index is 0.115. The first kappa shape index (κ1) is 16.6. The zero-order valence-electron chi connectivity index (χ0n) is 12.7. The number of anilines is 1. The van der Waals surface area contributed by atoms with E-state index in [1.54, 1.807) is 6.07 Å². The summed E-state index contributed by atoms with van der Waals surface area (Å²) in [5.74, 6) is 0.0443. The van der Waals surface area contributed by atoms with E-state index in [-0.39, 0.29) is 12.4 Å². The van der Waals surface area contributed by atoms with Gasteiger partial charge in [-0.25, -0.2) is 19.2 Å². The Bertz CT molecular complexity index is 694. The monoisotopic (exact) mass is 320 g/mol. The fourth-order valence-corrected chi connectivity index (χ4v) is 1.89. The number of hydrogen-bond acceptors (Lipinski definition) is 5. The minimum atomic E-state index is -1.42. The number of aliphatic hydroxyl groups is 1. The summed E-state index contributed by atoms with van der Waals surface area (Å²) in [4.78, 5) is 19.6. The van der Waals surface area contributed by atoms with E-state index in [9.17, 15) is 14.3 Å². The van der Waals surface area contributed by atoms with Crippen LogP contribution in [-0.2, 0) is 5.60 Å². The van der Waals surface area contributed by atoms with Crippen molar-refractivity contribution in [1.29, 1.82) is 0 Å². The van der Waals surface area contributed by atoms with Gasteiger partial charge in [-0.1, -0.05) is 12.1 Å². The van der Waals surface area contributed by atoms with Crippen molar-refractivity contribution in [3.63, 3.8) is 0 Å². The summed E-state index contributed by atoms with van der Waals surface area (Å²) in [5.41, 5.74) is -1.06. The Morgan fingerprint density at radius 2 is 2.26 bits per heavy atom. The third kappa shape index (κ3) is 4.36. The second-order valence-corrected chi connectivity index (χ2v) is 5.03. The maximum Gasteiger partial charge on any atom is 0.320 e. The Morgan fingerprint density at radius 3 is 2.96 bits per heavy atom. The summed E-state index contributed by atoms with van der Waals surface area (Å²) in [6, 6.07) is 4.98. The molecular formula is C15H17FN4O3. The van der Waals surface area contributed by atoms with Crippen molar-refractivity contribution in [2.45, 2.75) is 12.5 Å². The van der Waals surface area contributed by atoms with Gasteiger partial charge in [-0.2, -0.15) is 0 Å². The number of carbonyl (C=O) groups excluding carboxylic acids is 1. The van der Waals surface area contributed by atoms with Crippen LogP contribution in [0.25, 0.3) is 0 Å². The van der Waals surface area contributed by atoms with E-state index in [4.69, 9.17) is 4.74 Å². The number of aromatic nitrogens is 2. The van der Waals surface area contributed by atoms with E-state index in [0.717, 1.165) is 0 Å². The summed E-state index contributed by atoms with van der Waals surface area (Å²) in [7, 11) is 1.43. The van der Waals surface area contributed by atoms with Crippen LogP contribution in [0.15, 0.2) is 36.8 Å². The van der Waals surface area contributed by atoms with Gasteiger partial charge in [0.1, 0.15) is 17.7 Å². The highest BCUT2D eigenvalue weighted by atomic mass is 19.1. The largest absolute Gasteiger partial charge is 0.491 e. The number of carbonyl (C=O) groups is 1. The Hall–Kier alpha value is -2.74.